The summed E-state index contributed by atoms with van der Waals surface area (Å²) in [5.74, 6) is -0.349. The third-order valence-corrected chi connectivity index (χ3v) is 6.84. The Morgan fingerprint density at radius 1 is 1.11 bits per heavy atom. The van der Waals surface area contributed by atoms with Gasteiger partial charge in [0.2, 0.25) is 5.92 Å². The molecule has 6 heteroatoms. The zero-order chi connectivity index (χ0) is 26.5. The number of nitrogens with zero attached hydrogens (tertiary/aromatic N) is 2. The molecule has 2 atom stereocenters. The Balaban J connectivity index is 0.000000253. The Morgan fingerprint density at radius 2 is 1.81 bits per heavy atom. The molecule has 0 aliphatic carbocycles. The summed E-state index contributed by atoms with van der Waals surface area (Å²) < 4.78 is 32.0. The van der Waals surface area contributed by atoms with Crippen LogP contribution in [-0.2, 0) is 6.42 Å². The van der Waals surface area contributed by atoms with E-state index in [1.165, 1.54) is 38.9 Å². The molecule has 0 amide bonds. The van der Waals surface area contributed by atoms with E-state index >= 15 is 0 Å². The second-order valence-corrected chi connectivity index (χ2v) is 10.9. The van der Waals surface area contributed by atoms with Gasteiger partial charge < -0.3 is 14.6 Å². The monoisotopic (exact) mass is 499 g/mol. The van der Waals surface area contributed by atoms with E-state index in [9.17, 15) is 8.78 Å². The minimum atomic E-state index is -2.75. The highest BCUT2D eigenvalue weighted by atomic mass is 19.3. The molecule has 2 aromatic heterocycles. The van der Waals surface area contributed by atoms with Gasteiger partial charge in [0.05, 0.1) is 23.8 Å². The van der Waals surface area contributed by atoms with Gasteiger partial charge in [-0.1, -0.05) is 33.3 Å². The van der Waals surface area contributed by atoms with Gasteiger partial charge in [0.1, 0.15) is 5.75 Å². The van der Waals surface area contributed by atoms with E-state index in [-0.39, 0.29) is 6.42 Å². The fourth-order valence-corrected chi connectivity index (χ4v) is 5.31. The summed E-state index contributed by atoms with van der Waals surface area (Å²) in [4.78, 5) is 10.6. The number of H-pyrrole nitrogens is 1. The predicted molar refractivity (Wildman–Crippen MR) is 146 cm³/mol. The van der Waals surface area contributed by atoms with E-state index in [0.717, 1.165) is 52.2 Å². The summed E-state index contributed by atoms with van der Waals surface area (Å²) in [5.41, 5.74) is 6.10. The van der Waals surface area contributed by atoms with Crippen molar-refractivity contribution < 1.29 is 13.5 Å². The number of methoxy groups -OCH3 is 1. The number of aryl methyl sites for hydroxylation is 2. The van der Waals surface area contributed by atoms with Gasteiger partial charge in [-0.05, 0) is 86.9 Å². The Labute approximate surface area is 215 Å². The highest BCUT2D eigenvalue weighted by Crippen LogP contribution is 2.34. The number of piperidine rings is 1. The van der Waals surface area contributed by atoms with E-state index < -0.39 is 5.92 Å². The van der Waals surface area contributed by atoms with Crippen LogP contribution in [-0.4, -0.2) is 47.5 Å². The minimum absolute atomic E-state index is 0.313. The quantitative estimate of drug-likeness (QED) is 0.360. The maximum atomic E-state index is 13.3. The van der Waals surface area contributed by atoms with Gasteiger partial charge >= 0.3 is 0 Å². The molecular weight excluding hydrogens is 456 g/mol. The molecule has 1 aliphatic heterocycles. The van der Waals surface area contributed by atoms with E-state index in [4.69, 9.17) is 9.72 Å². The number of pyridine rings is 1. The third-order valence-electron chi connectivity index (χ3n) is 6.84. The molecule has 1 saturated heterocycles. The van der Waals surface area contributed by atoms with Crippen molar-refractivity contribution in [2.45, 2.75) is 73.1 Å². The van der Waals surface area contributed by atoms with Gasteiger partial charge in [0.15, 0.2) is 0 Å². The number of aromatic amines is 1. The number of benzene rings is 1. The summed E-state index contributed by atoms with van der Waals surface area (Å²) in [7, 11) is 1.54. The molecule has 1 aliphatic rings. The molecule has 1 fully saturated rings. The molecule has 0 bridgehead atoms. The van der Waals surface area contributed by atoms with Crippen molar-refractivity contribution in [1.29, 1.82) is 0 Å². The first kappa shape index (κ1) is 28.1. The number of alkyl halides is 2. The van der Waals surface area contributed by atoms with Crippen LogP contribution in [0.4, 0.5) is 8.78 Å². The van der Waals surface area contributed by atoms with Gasteiger partial charge in [0.25, 0.3) is 0 Å². The van der Waals surface area contributed by atoms with Crippen molar-refractivity contribution in [3.8, 4) is 17.0 Å². The summed E-state index contributed by atoms with van der Waals surface area (Å²) in [6.45, 7) is 15.9. The number of unbranched alkanes of at least 4 members (excludes halogenated alkanes) is 1. The molecule has 1 aromatic carbocycles. The van der Waals surface area contributed by atoms with E-state index in [1.807, 2.05) is 32.2 Å². The minimum Gasteiger partial charge on any atom is -0.496 e. The van der Waals surface area contributed by atoms with Crippen molar-refractivity contribution >= 4 is 11.0 Å². The highest BCUT2D eigenvalue weighted by Gasteiger charge is 2.23. The molecule has 4 nitrogen and oxygen atoms in total. The van der Waals surface area contributed by atoms with Gasteiger partial charge in [0, 0.05) is 31.3 Å². The Hall–Kier alpha value is -2.47. The van der Waals surface area contributed by atoms with Crippen molar-refractivity contribution in [2.24, 2.45) is 11.8 Å². The Morgan fingerprint density at radius 3 is 2.42 bits per heavy atom. The summed E-state index contributed by atoms with van der Waals surface area (Å²) in [6.07, 6.45) is 5.75. The number of hydrogen-bond donors (Lipinski definition) is 1. The largest absolute Gasteiger partial charge is 0.496 e. The lowest BCUT2D eigenvalue weighted by atomic mass is 9.92. The van der Waals surface area contributed by atoms with E-state index in [0.29, 0.717) is 11.3 Å². The molecule has 0 spiro atoms. The second-order valence-electron chi connectivity index (χ2n) is 10.9. The van der Waals surface area contributed by atoms with Crippen molar-refractivity contribution in [3.05, 3.63) is 47.2 Å². The second kappa shape index (κ2) is 12.2. The Bertz CT molecular complexity index is 1130. The Kier molecular flexibility index (Phi) is 9.51. The first-order chi connectivity index (χ1) is 17.0. The fraction of sp³-hybridized carbons (Fsp3) is 0.567. The molecule has 0 saturated carbocycles. The van der Waals surface area contributed by atoms with Crippen LogP contribution in [0.1, 0.15) is 63.6 Å². The predicted octanol–water partition coefficient (Wildman–Crippen LogP) is 7.82. The number of likely N-dealkylation sites (tertiary alicyclic amines) is 1. The van der Waals surface area contributed by atoms with Crippen molar-refractivity contribution in [2.75, 3.05) is 26.7 Å². The molecule has 4 rings (SSSR count). The van der Waals surface area contributed by atoms with E-state index in [1.54, 1.807) is 19.2 Å². The van der Waals surface area contributed by atoms with Crippen LogP contribution < -0.4 is 4.74 Å². The van der Waals surface area contributed by atoms with Gasteiger partial charge in [-0.3, -0.25) is 0 Å². The van der Waals surface area contributed by atoms with Crippen LogP contribution >= 0.6 is 0 Å². The highest BCUT2D eigenvalue weighted by molar-refractivity contribution is 5.84. The number of nitrogens with one attached hydrogen (secondary N) is 1. The number of halogens is 2. The number of hydrogen-bond acceptors (Lipinski definition) is 3. The van der Waals surface area contributed by atoms with Crippen LogP contribution in [0.2, 0.25) is 0 Å². The maximum Gasteiger partial charge on any atom is 0.249 e. The molecule has 2 unspecified atom stereocenters. The zero-order valence-corrected chi connectivity index (χ0v) is 23.0. The number of ether oxygens (including phenoxy) is 1. The summed E-state index contributed by atoms with van der Waals surface area (Å²) in [6, 6.07) is 7.23. The van der Waals surface area contributed by atoms with Crippen LogP contribution in [0.3, 0.4) is 0 Å². The molecule has 36 heavy (non-hydrogen) atoms. The third kappa shape index (κ3) is 7.52. The lowest BCUT2D eigenvalue weighted by molar-refractivity contribution is 0.0226. The van der Waals surface area contributed by atoms with Gasteiger partial charge in [-0.2, -0.15) is 0 Å². The number of fused-ring (bicyclic) bond motifs is 1. The first-order valence-corrected chi connectivity index (χ1v) is 13.2. The van der Waals surface area contributed by atoms with Gasteiger partial charge in [-0.15, -0.1) is 0 Å². The average Bonchev–Trinajstić information content (AvgIpc) is 3.15. The smallest absolute Gasteiger partial charge is 0.249 e. The SMILES string of the molecule is CCCCN1CC(C)CC(C)C1.COc1cc(CC(C)(F)F)ccc1-c1nc2c(C)c[nH]c2cc1C. The molecular formula is C30H43F2N3O. The average molecular weight is 500 g/mol. The topological polar surface area (TPSA) is 41.1 Å². The van der Waals surface area contributed by atoms with Crippen LogP contribution in [0, 0.1) is 25.7 Å². The molecule has 0 radical (unpaired) electrons. The lowest BCUT2D eigenvalue weighted by Crippen LogP contribution is -2.39. The number of aromatic nitrogens is 2. The molecule has 3 aromatic rings. The van der Waals surface area contributed by atoms with Gasteiger partial charge in [-0.25, -0.2) is 13.8 Å². The zero-order valence-electron chi connectivity index (χ0n) is 23.0. The van der Waals surface area contributed by atoms with E-state index in [2.05, 4.69) is 30.7 Å². The molecule has 198 valence electrons. The lowest BCUT2D eigenvalue weighted by Gasteiger charge is -2.34. The normalized spacial score (nSPS) is 18.7. The van der Waals surface area contributed by atoms with Crippen LogP contribution in [0.5, 0.6) is 5.75 Å². The van der Waals surface area contributed by atoms with Crippen molar-refractivity contribution in [3.63, 3.8) is 0 Å². The molecule has 3 heterocycles. The first-order valence-electron chi connectivity index (χ1n) is 13.2. The standard InChI is InChI=1S/C19H20F2N2O.C11H23N/c1-11-7-15-18(12(2)10-22-15)23-17(11)14-6-5-13(8-16(14)24-4)9-19(3,20)21;1-4-5-6-12-8-10(2)7-11(3)9-12/h5-8,10,22H,9H2,1-4H3;10-11H,4-9H2,1-3H3. The van der Waals surface area contributed by atoms with Crippen LogP contribution in [0.15, 0.2) is 30.5 Å². The fourth-order valence-electron chi connectivity index (χ4n) is 5.31. The maximum absolute atomic E-state index is 13.3. The van der Waals surface area contributed by atoms with Crippen LogP contribution in [0.25, 0.3) is 22.3 Å². The summed E-state index contributed by atoms with van der Waals surface area (Å²) >= 11 is 0. The van der Waals surface area contributed by atoms with Crippen molar-refractivity contribution in [1.82, 2.24) is 14.9 Å². The molecule has 1 N–H and O–H groups in total. The summed E-state index contributed by atoms with van der Waals surface area (Å²) in [5, 5.41) is 0. The number of rotatable bonds is 7.